The SMILES string of the molecule is O=C(NC1=NCCS1)c1cc(Cl)sc1Cl. The second kappa shape index (κ2) is 4.74. The van der Waals surface area contributed by atoms with Crippen molar-refractivity contribution in [2.45, 2.75) is 0 Å². The number of amidine groups is 1. The summed E-state index contributed by atoms with van der Waals surface area (Å²) in [5, 5.41) is 3.34. The zero-order valence-corrected chi connectivity index (χ0v) is 10.6. The lowest BCUT2D eigenvalue weighted by Gasteiger charge is -2.01. The Hall–Kier alpha value is -0.230. The second-order valence-corrected chi connectivity index (χ2v) is 6.10. The van der Waals surface area contributed by atoms with Gasteiger partial charge in [0, 0.05) is 5.75 Å². The second-order valence-electron chi connectivity index (χ2n) is 2.73. The Balaban J connectivity index is 2.10. The molecule has 80 valence electrons. The van der Waals surface area contributed by atoms with Crippen LogP contribution in [0, 0.1) is 0 Å². The van der Waals surface area contributed by atoms with Crippen LogP contribution in [0.15, 0.2) is 11.1 Å². The summed E-state index contributed by atoms with van der Waals surface area (Å²) in [6.45, 7) is 0.748. The summed E-state index contributed by atoms with van der Waals surface area (Å²) < 4.78 is 0.910. The largest absolute Gasteiger partial charge is 0.301 e. The third-order valence-corrected chi connectivity index (χ3v) is 4.09. The van der Waals surface area contributed by atoms with E-state index < -0.39 is 0 Å². The molecule has 1 aromatic heterocycles. The summed E-state index contributed by atoms with van der Waals surface area (Å²) in [6, 6.07) is 1.56. The van der Waals surface area contributed by atoms with E-state index in [1.807, 2.05) is 0 Å². The van der Waals surface area contributed by atoms with Gasteiger partial charge in [-0.1, -0.05) is 35.0 Å². The van der Waals surface area contributed by atoms with E-state index in [0.29, 0.717) is 19.4 Å². The molecule has 15 heavy (non-hydrogen) atoms. The van der Waals surface area contributed by atoms with Gasteiger partial charge in [0.1, 0.15) is 4.34 Å². The summed E-state index contributed by atoms with van der Waals surface area (Å²) >= 11 is 14.3. The fraction of sp³-hybridized carbons (Fsp3) is 0.250. The number of hydrogen-bond acceptors (Lipinski definition) is 4. The van der Waals surface area contributed by atoms with Crippen molar-refractivity contribution in [1.82, 2.24) is 5.32 Å². The number of thiophene rings is 1. The molecule has 0 spiro atoms. The van der Waals surface area contributed by atoms with E-state index in [1.165, 1.54) is 23.1 Å². The maximum absolute atomic E-state index is 11.7. The molecule has 0 fully saturated rings. The number of carbonyl (C=O) groups excluding carboxylic acids is 1. The molecule has 1 aliphatic rings. The van der Waals surface area contributed by atoms with Crippen LogP contribution in [-0.4, -0.2) is 23.4 Å². The van der Waals surface area contributed by atoms with Crippen molar-refractivity contribution in [3.8, 4) is 0 Å². The Morgan fingerprint density at radius 3 is 2.87 bits per heavy atom. The van der Waals surface area contributed by atoms with Gasteiger partial charge < -0.3 is 5.32 Å². The fourth-order valence-electron chi connectivity index (χ4n) is 1.07. The molecule has 1 N–H and O–H groups in total. The van der Waals surface area contributed by atoms with Gasteiger partial charge in [-0.2, -0.15) is 0 Å². The zero-order chi connectivity index (χ0) is 10.8. The molecule has 3 nitrogen and oxygen atoms in total. The highest BCUT2D eigenvalue weighted by Crippen LogP contribution is 2.31. The van der Waals surface area contributed by atoms with Crippen molar-refractivity contribution < 1.29 is 4.79 Å². The van der Waals surface area contributed by atoms with E-state index in [9.17, 15) is 4.79 Å². The Morgan fingerprint density at radius 1 is 1.53 bits per heavy atom. The summed E-state index contributed by atoms with van der Waals surface area (Å²) in [5.74, 6) is 0.657. The van der Waals surface area contributed by atoms with Gasteiger partial charge in [-0.25, -0.2) is 0 Å². The fourth-order valence-corrected chi connectivity index (χ4v) is 3.25. The number of halogens is 2. The third kappa shape index (κ3) is 2.66. The van der Waals surface area contributed by atoms with Crippen LogP contribution < -0.4 is 5.32 Å². The number of nitrogens with one attached hydrogen (secondary N) is 1. The summed E-state index contributed by atoms with van der Waals surface area (Å²) in [4.78, 5) is 15.8. The zero-order valence-electron chi connectivity index (χ0n) is 7.42. The molecule has 0 unspecified atom stereocenters. The quantitative estimate of drug-likeness (QED) is 0.860. The van der Waals surface area contributed by atoms with Gasteiger partial charge in [0.2, 0.25) is 0 Å². The average molecular weight is 281 g/mol. The normalized spacial score (nSPS) is 15.2. The lowest BCUT2D eigenvalue weighted by molar-refractivity contribution is 0.0978. The maximum atomic E-state index is 11.7. The molecule has 0 radical (unpaired) electrons. The van der Waals surface area contributed by atoms with E-state index in [0.717, 1.165) is 12.3 Å². The molecular weight excluding hydrogens is 275 g/mol. The van der Waals surface area contributed by atoms with E-state index in [1.54, 1.807) is 6.07 Å². The first-order valence-corrected chi connectivity index (χ1v) is 6.66. The number of rotatable bonds is 1. The van der Waals surface area contributed by atoms with Gasteiger partial charge in [0.25, 0.3) is 5.91 Å². The molecule has 0 bridgehead atoms. The van der Waals surface area contributed by atoms with Crippen LogP contribution in [0.2, 0.25) is 8.67 Å². The number of carbonyl (C=O) groups is 1. The van der Waals surface area contributed by atoms with Gasteiger partial charge in [0.05, 0.1) is 16.4 Å². The third-order valence-electron chi connectivity index (χ3n) is 1.71. The summed E-state index contributed by atoms with van der Waals surface area (Å²) in [7, 11) is 0. The molecule has 1 aliphatic heterocycles. The maximum Gasteiger partial charge on any atom is 0.259 e. The van der Waals surface area contributed by atoms with Crippen LogP contribution in [0.25, 0.3) is 0 Å². The number of hydrogen-bond donors (Lipinski definition) is 1. The summed E-state index contributed by atoms with van der Waals surface area (Å²) in [5.41, 5.74) is 0.405. The van der Waals surface area contributed by atoms with Crippen molar-refractivity contribution in [3.05, 3.63) is 20.3 Å². The highest BCUT2D eigenvalue weighted by Gasteiger charge is 2.17. The minimum atomic E-state index is -0.253. The van der Waals surface area contributed by atoms with Crippen molar-refractivity contribution in [1.29, 1.82) is 0 Å². The van der Waals surface area contributed by atoms with Crippen molar-refractivity contribution >= 4 is 57.4 Å². The van der Waals surface area contributed by atoms with Crippen LogP contribution in [-0.2, 0) is 0 Å². The predicted molar refractivity (Wildman–Crippen MR) is 66.6 cm³/mol. The molecule has 1 amide bonds. The first kappa shape index (κ1) is 11.3. The molecule has 0 aromatic carbocycles. The van der Waals surface area contributed by atoms with E-state index in [-0.39, 0.29) is 5.91 Å². The highest BCUT2D eigenvalue weighted by atomic mass is 35.5. The number of thioether (sulfide) groups is 1. The van der Waals surface area contributed by atoms with Crippen LogP contribution in [0.3, 0.4) is 0 Å². The Labute approximate surface area is 105 Å². The molecule has 0 aliphatic carbocycles. The minimum Gasteiger partial charge on any atom is -0.301 e. The molecule has 2 heterocycles. The average Bonchev–Trinajstić information content (AvgIpc) is 2.75. The van der Waals surface area contributed by atoms with Crippen LogP contribution in [0.4, 0.5) is 0 Å². The lowest BCUT2D eigenvalue weighted by Crippen LogP contribution is -2.27. The molecule has 0 saturated carbocycles. The molecule has 0 atom stereocenters. The van der Waals surface area contributed by atoms with Gasteiger partial charge in [-0.05, 0) is 6.07 Å². The van der Waals surface area contributed by atoms with Gasteiger partial charge in [-0.3, -0.25) is 9.79 Å². The monoisotopic (exact) mass is 280 g/mol. The van der Waals surface area contributed by atoms with Crippen molar-refractivity contribution in [2.75, 3.05) is 12.3 Å². The van der Waals surface area contributed by atoms with Crippen molar-refractivity contribution in [3.63, 3.8) is 0 Å². The molecule has 7 heteroatoms. The molecular formula is C8H6Cl2N2OS2. The Kier molecular flexibility index (Phi) is 3.56. The van der Waals surface area contributed by atoms with Gasteiger partial charge >= 0.3 is 0 Å². The topological polar surface area (TPSA) is 41.5 Å². The van der Waals surface area contributed by atoms with Crippen LogP contribution in [0.5, 0.6) is 0 Å². The first-order valence-electron chi connectivity index (χ1n) is 4.10. The minimum absolute atomic E-state index is 0.253. The first-order chi connectivity index (χ1) is 7.16. The van der Waals surface area contributed by atoms with Gasteiger partial charge in [-0.15, -0.1) is 11.3 Å². The summed E-state index contributed by atoms with van der Waals surface area (Å²) in [6.07, 6.45) is 0. The number of aliphatic imine (C=N–C) groups is 1. The van der Waals surface area contributed by atoms with Crippen LogP contribution >= 0.6 is 46.3 Å². The molecule has 2 rings (SSSR count). The van der Waals surface area contributed by atoms with E-state index in [4.69, 9.17) is 23.2 Å². The Bertz CT molecular complexity index is 430. The smallest absolute Gasteiger partial charge is 0.259 e. The predicted octanol–water partition coefficient (Wildman–Crippen LogP) is 2.89. The molecule has 0 saturated heterocycles. The number of nitrogens with zero attached hydrogens (tertiary/aromatic N) is 1. The van der Waals surface area contributed by atoms with Crippen molar-refractivity contribution in [2.24, 2.45) is 4.99 Å². The molecule has 1 aromatic rings. The standard InChI is InChI=1S/C8H6Cl2N2OS2/c9-5-3-4(6(10)15-5)7(13)12-8-11-1-2-14-8/h3H,1-2H2,(H,11,12,13). The van der Waals surface area contributed by atoms with Gasteiger partial charge in [0.15, 0.2) is 5.17 Å². The Morgan fingerprint density at radius 2 is 2.33 bits per heavy atom. The number of amides is 1. The van der Waals surface area contributed by atoms with Crippen LogP contribution in [0.1, 0.15) is 10.4 Å². The lowest BCUT2D eigenvalue weighted by atomic mass is 10.3. The highest BCUT2D eigenvalue weighted by molar-refractivity contribution is 8.14. The van der Waals surface area contributed by atoms with E-state index >= 15 is 0 Å². The van der Waals surface area contributed by atoms with E-state index in [2.05, 4.69) is 10.3 Å².